The summed E-state index contributed by atoms with van der Waals surface area (Å²) in [5.74, 6) is -0.491. The highest BCUT2D eigenvalue weighted by molar-refractivity contribution is 7.12. The summed E-state index contributed by atoms with van der Waals surface area (Å²) in [6.07, 6.45) is 1.01. The molecule has 1 amide bonds. The van der Waals surface area contributed by atoms with E-state index in [1.54, 1.807) is 16.3 Å². The summed E-state index contributed by atoms with van der Waals surface area (Å²) < 4.78 is 5.39. The Kier molecular flexibility index (Phi) is 6.35. The topological polar surface area (TPSA) is 66.8 Å². The molecule has 1 heterocycles. The molecule has 0 aliphatic carbocycles. The van der Waals surface area contributed by atoms with Crippen molar-refractivity contribution in [3.8, 4) is 5.75 Å². The van der Waals surface area contributed by atoms with Crippen molar-refractivity contribution in [3.05, 3.63) is 16.3 Å². The van der Waals surface area contributed by atoms with Gasteiger partial charge in [-0.1, -0.05) is 0 Å². The van der Waals surface area contributed by atoms with E-state index in [0.29, 0.717) is 38.3 Å². The van der Waals surface area contributed by atoms with E-state index < -0.39 is 5.97 Å². The Morgan fingerprint density at radius 1 is 1.37 bits per heavy atom. The fourth-order valence-corrected chi connectivity index (χ4v) is 2.38. The van der Waals surface area contributed by atoms with Gasteiger partial charge in [-0.25, -0.2) is 4.79 Å². The monoisotopic (exact) mass is 285 g/mol. The van der Waals surface area contributed by atoms with Gasteiger partial charge in [0.2, 0.25) is 5.91 Å². The zero-order valence-electron chi connectivity index (χ0n) is 11.2. The van der Waals surface area contributed by atoms with E-state index in [9.17, 15) is 9.59 Å². The third-order valence-corrected chi connectivity index (χ3v) is 3.62. The number of ether oxygens (including phenoxy) is 1. The quantitative estimate of drug-likeness (QED) is 0.745. The molecule has 0 aromatic carbocycles. The lowest BCUT2D eigenvalue weighted by atomic mass is 10.3. The second-order valence-corrected chi connectivity index (χ2v) is 4.85. The van der Waals surface area contributed by atoms with E-state index in [1.165, 1.54) is 0 Å². The lowest BCUT2D eigenvalue weighted by Crippen LogP contribution is -2.30. The van der Waals surface area contributed by atoms with Gasteiger partial charge >= 0.3 is 5.97 Å². The molecule has 1 N–H and O–H groups in total. The fourth-order valence-electron chi connectivity index (χ4n) is 1.71. The lowest BCUT2D eigenvalue weighted by Gasteiger charge is -2.18. The van der Waals surface area contributed by atoms with Crippen LogP contribution in [0.25, 0.3) is 0 Å². The lowest BCUT2D eigenvalue weighted by molar-refractivity contribution is -0.131. The molecule has 0 fully saturated rings. The van der Waals surface area contributed by atoms with Gasteiger partial charge in [-0.15, -0.1) is 11.3 Å². The van der Waals surface area contributed by atoms with Gasteiger partial charge in [-0.05, 0) is 31.7 Å². The molecule has 106 valence electrons. The van der Waals surface area contributed by atoms with Crippen LogP contribution in [0.5, 0.6) is 5.75 Å². The standard InChI is InChI=1S/C13H19NO4S/c1-3-14(4-2)11(15)6-5-8-18-10-7-9-19-12(10)13(16)17/h7,9H,3-6,8H2,1-2H3,(H,16,17). The number of aromatic carboxylic acids is 1. The Morgan fingerprint density at radius 2 is 2.05 bits per heavy atom. The molecule has 0 saturated heterocycles. The number of hydrogen-bond donors (Lipinski definition) is 1. The molecule has 0 aliphatic rings. The van der Waals surface area contributed by atoms with E-state index in [0.717, 1.165) is 11.3 Å². The first-order valence-electron chi connectivity index (χ1n) is 6.31. The van der Waals surface area contributed by atoms with Gasteiger partial charge in [-0.2, -0.15) is 0 Å². The van der Waals surface area contributed by atoms with Gasteiger partial charge < -0.3 is 14.7 Å². The number of thiophene rings is 1. The first kappa shape index (κ1) is 15.5. The molecule has 0 unspecified atom stereocenters. The molecule has 0 aliphatic heterocycles. The first-order chi connectivity index (χ1) is 9.10. The molecule has 19 heavy (non-hydrogen) atoms. The molecule has 0 spiro atoms. The van der Waals surface area contributed by atoms with Crippen LogP contribution >= 0.6 is 11.3 Å². The van der Waals surface area contributed by atoms with Gasteiger partial charge in [0.25, 0.3) is 0 Å². The summed E-state index contributed by atoms with van der Waals surface area (Å²) in [6.45, 7) is 5.67. The number of carbonyl (C=O) groups excluding carboxylic acids is 1. The maximum atomic E-state index is 11.7. The van der Waals surface area contributed by atoms with Crippen molar-refractivity contribution < 1.29 is 19.4 Å². The second kappa shape index (κ2) is 7.78. The Morgan fingerprint density at radius 3 is 2.63 bits per heavy atom. The number of amides is 1. The Labute approximate surface area is 116 Å². The minimum Gasteiger partial charge on any atom is -0.492 e. The average Bonchev–Trinajstić information content (AvgIpc) is 2.84. The summed E-state index contributed by atoms with van der Waals surface area (Å²) in [7, 11) is 0. The largest absolute Gasteiger partial charge is 0.492 e. The van der Waals surface area contributed by atoms with E-state index in [1.807, 2.05) is 13.8 Å². The normalized spacial score (nSPS) is 10.2. The first-order valence-corrected chi connectivity index (χ1v) is 7.19. The van der Waals surface area contributed by atoms with Gasteiger partial charge in [0, 0.05) is 19.5 Å². The summed E-state index contributed by atoms with van der Waals surface area (Å²) >= 11 is 1.13. The molecule has 6 heteroatoms. The number of hydrogen-bond acceptors (Lipinski definition) is 4. The van der Waals surface area contributed by atoms with Crippen LogP contribution in [0.3, 0.4) is 0 Å². The van der Waals surface area contributed by atoms with Crippen LogP contribution < -0.4 is 4.74 Å². The van der Waals surface area contributed by atoms with Crippen molar-refractivity contribution in [2.45, 2.75) is 26.7 Å². The van der Waals surface area contributed by atoms with Crippen molar-refractivity contribution in [1.82, 2.24) is 4.90 Å². The second-order valence-electron chi connectivity index (χ2n) is 3.94. The number of nitrogens with zero attached hydrogens (tertiary/aromatic N) is 1. The molecule has 5 nitrogen and oxygen atoms in total. The van der Waals surface area contributed by atoms with E-state index in [2.05, 4.69) is 0 Å². The van der Waals surface area contributed by atoms with E-state index in [-0.39, 0.29) is 10.8 Å². The minimum atomic E-state index is -0.982. The molecule has 1 rings (SSSR count). The van der Waals surface area contributed by atoms with Crippen LogP contribution in [0, 0.1) is 0 Å². The van der Waals surface area contributed by atoms with Crippen LogP contribution in [0.1, 0.15) is 36.4 Å². The predicted molar refractivity (Wildman–Crippen MR) is 73.9 cm³/mol. The number of carbonyl (C=O) groups is 2. The predicted octanol–water partition coefficient (Wildman–Crippen LogP) is 2.47. The van der Waals surface area contributed by atoms with Gasteiger partial charge in [0.1, 0.15) is 5.75 Å². The molecule has 1 aromatic rings. The van der Waals surface area contributed by atoms with Gasteiger partial charge in [0.15, 0.2) is 4.88 Å². The summed E-state index contributed by atoms with van der Waals surface area (Å²) in [5.41, 5.74) is 0. The van der Waals surface area contributed by atoms with Crippen molar-refractivity contribution in [2.75, 3.05) is 19.7 Å². The zero-order valence-corrected chi connectivity index (χ0v) is 12.0. The molecule has 0 saturated carbocycles. The fraction of sp³-hybridized carbons (Fsp3) is 0.538. The van der Waals surface area contributed by atoms with Crippen LogP contribution in [0.2, 0.25) is 0 Å². The number of rotatable bonds is 8. The molecular weight excluding hydrogens is 266 g/mol. The van der Waals surface area contributed by atoms with Crippen LogP contribution in [0.4, 0.5) is 0 Å². The van der Waals surface area contributed by atoms with Gasteiger partial charge in [0.05, 0.1) is 6.61 Å². The molecule has 0 radical (unpaired) electrons. The third-order valence-electron chi connectivity index (χ3n) is 2.73. The Balaban J connectivity index is 2.33. The highest BCUT2D eigenvalue weighted by atomic mass is 32.1. The Hall–Kier alpha value is -1.56. The van der Waals surface area contributed by atoms with Crippen LogP contribution in [-0.4, -0.2) is 41.6 Å². The third kappa shape index (κ3) is 4.55. The van der Waals surface area contributed by atoms with Crippen LogP contribution in [0.15, 0.2) is 11.4 Å². The van der Waals surface area contributed by atoms with Gasteiger partial charge in [-0.3, -0.25) is 4.79 Å². The Bertz CT molecular complexity index is 426. The smallest absolute Gasteiger partial charge is 0.349 e. The van der Waals surface area contributed by atoms with Crippen LogP contribution in [-0.2, 0) is 4.79 Å². The zero-order chi connectivity index (χ0) is 14.3. The van der Waals surface area contributed by atoms with Crippen molar-refractivity contribution in [1.29, 1.82) is 0 Å². The average molecular weight is 285 g/mol. The molecule has 0 atom stereocenters. The van der Waals surface area contributed by atoms with Crippen molar-refractivity contribution in [2.24, 2.45) is 0 Å². The van der Waals surface area contributed by atoms with Crippen molar-refractivity contribution >= 4 is 23.2 Å². The highest BCUT2D eigenvalue weighted by Crippen LogP contribution is 2.24. The highest BCUT2D eigenvalue weighted by Gasteiger charge is 2.13. The minimum absolute atomic E-state index is 0.109. The summed E-state index contributed by atoms with van der Waals surface area (Å²) in [5, 5.41) is 10.6. The van der Waals surface area contributed by atoms with E-state index >= 15 is 0 Å². The maximum absolute atomic E-state index is 11.7. The molecule has 0 bridgehead atoms. The van der Waals surface area contributed by atoms with Crippen molar-refractivity contribution in [3.63, 3.8) is 0 Å². The molecule has 1 aromatic heterocycles. The van der Waals surface area contributed by atoms with E-state index in [4.69, 9.17) is 9.84 Å². The summed E-state index contributed by atoms with van der Waals surface area (Å²) in [6, 6.07) is 1.64. The number of carboxylic acids is 1. The summed E-state index contributed by atoms with van der Waals surface area (Å²) in [4.78, 5) is 24.6. The number of carboxylic acid groups (broad SMARTS) is 1. The maximum Gasteiger partial charge on any atom is 0.349 e. The SMILES string of the molecule is CCN(CC)C(=O)CCCOc1ccsc1C(=O)O. The molecular formula is C13H19NO4S.